The first-order valence-corrected chi connectivity index (χ1v) is 12.8. The summed E-state index contributed by atoms with van der Waals surface area (Å²) in [5.41, 5.74) is 4.40. The van der Waals surface area contributed by atoms with E-state index in [1.807, 2.05) is 25.1 Å². The second-order valence-electron chi connectivity index (χ2n) is 8.69. The lowest BCUT2D eigenvalue weighted by Crippen LogP contribution is -2.49. The van der Waals surface area contributed by atoms with Crippen LogP contribution in [0.2, 0.25) is 0 Å². The van der Waals surface area contributed by atoms with Gasteiger partial charge < -0.3 is 18.8 Å². The van der Waals surface area contributed by atoms with Crippen LogP contribution in [0, 0.1) is 3.57 Å². The second-order valence-corrected chi connectivity index (χ2v) is 9.85. The summed E-state index contributed by atoms with van der Waals surface area (Å²) in [6.07, 6.45) is 1.31. The van der Waals surface area contributed by atoms with Gasteiger partial charge in [0.25, 0.3) is 0 Å². The first-order chi connectivity index (χ1) is 16.9. The zero-order chi connectivity index (χ0) is 25.1. The highest BCUT2D eigenvalue weighted by molar-refractivity contribution is 14.1. The van der Waals surface area contributed by atoms with Crippen LogP contribution in [-0.4, -0.2) is 48.3 Å². The highest BCUT2D eigenvalue weighted by Crippen LogP contribution is 2.43. The van der Waals surface area contributed by atoms with Crippen LogP contribution in [0.1, 0.15) is 42.6 Å². The van der Waals surface area contributed by atoms with Gasteiger partial charge >= 0.3 is 11.9 Å². The Bertz CT molecular complexity index is 1220. The number of methoxy groups -OCH3 is 2. The fraction of sp³-hybridized carbons (Fsp3) is 0.407. The fourth-order valence-corrected chi connectivity index (χ4v) is 5.81. The van der Waals surface area contributed by atoms with Gasteiger partial charge in [-0.25, -0.2) is 0 Å². The Labute approximate surface area is 219 Å². The Morgan fingerprint density at radius 1 is 1.14 bits per heavy atom. The van der Waals surface area contributed by atoms with Crippen molar-refractivity contribution in [2.45, 2.75) is 44.8 Å². The molecule has 0 amide bonds. The van der Waals surface area contributed by atoms with Gasteiger partial charge in [-0.1, -0.05) is 30.3 Å². The average Bonchev–Trinajstić information content (AvgIpc) is 3.13. The number of hydrogen-bond donors (Lipinski definition) is 0. The molecule has 0 radical (unpaired) electrons. The minimum atomic E-state index is -0.471. The Morgan fingerprint density at radius 2 is 1.89 bits per heavy atom. The number of carbonyl (C=O) groups excluding carboxylic acids is 2. The topological polar surface area (TPSA) is 70.0 Å². The van der Waals surface area contributed by atoms with Crippen LogP contribution in [0.5, 0.6) is 5.75 Å². The summed E-state index contributed by atoms with van der Waals surface area (Å²) < 4.78 is 19.3. The lowest BCUT2D eigenvalue weighted by molar-refractivity contribution is -0.151. The van der Waals surface area contributed by atoms with Gasteiger partial charge in [0.2, 0.25) is 0 Å². The minimum Gasteiger partial charge on any atom is -0.496 e. The van der Waals surface area contributed by atoms with Crippen molar-refractivity contribution in [2.24, 2.45) is 7.05 Å². The molecule has 0 bridgehead atoms. The third-order valence-electron chi connectivity index (χ3n) is 6.76. The minimum absolute atomic E-state index is 0.173. The van der Waals surface area contributed by atoms with Crippen LogP contribution in [-0.2, 0) is 39.1 Å². The summed E-state index contributed by atoms with van der Waals surface area (Å²) >= 11 is 2.28. The number of benzene rings is 2. The first kappa shape index (κ1) is 25.5. The van der Waals surface area contributed by atoms with Gasteiger partial charge in [0.1, 0.15) is 11.8 Å². The monoisotopic (exact) mass is 590 g/mol. The molecule has 0 fully saturated rings. The van der Waals surface area contributed by atoms with Gasteiger partial charge in [0, 0.05) is 43.0 Å². The predicted molar refractivity (Wildman–Crippen MR) is 142 cm³/mol. The number of hydrogen-bond acceptors (Lipinski definition) is 6. The van der Waals surface area contributed by atoms with Gasteiger partial charge in [-0.2, -0.15) is 0 Å². The molecular weight excluding hydrogens is 559 g/mol. The number of esters is 2. The van der Waals surface area contributed by atoms with Crippen molar-refractivity contribution < 1.29 is 23.8 Å². The molecule has 1 aliphatic rings. The largest absolute Gasteiger partial charge is 0.496 e. The van der Waals surface area contributed by atoms with Crippen LogP contribution < -0.4 is 4.74 Å². The molecular formula is C27H31IN2O5. The van der Waals surface area contributed by atoms with Crippen molar-refractivity contribution in [2.75, 3.05) is 20.8 Å². The van der Waals surface area contributed by atoms with E-state index in [-0.39, 0.29) is 24.4 Å². The van der Waals surface area contributed by atoms with E-state index in [2.05, 4.69) is 63.4 Å². The maximum atomic E-state index is 13.3. The summed E-state index contributed by atoms with van der Waals surface area (Å²) in [6.45, 7) is 2.71. The fourth-order valence-electron chi connectivity index (χ4n) is 5.14. The molecule has 0 aliphatic carbocycles. The Morgan fingerprint density at radius 3 is 2.54 bits per heavy atom. The third kappa shape index (κ3) is 5.04. The predicted octanol–water partition coefficient (Wildman–Crippen LogP) is 4.78. The summed E-state index contributed by atoms with van der Waals surface area (Å²) in [4.78, 5) is 27.7. The van der Waals surface area contributed by atoms with Gasteiger partial charge in [0.05, 0.1) is 30.4 Å². The number of rotatable bonds is 8. The molecule has 1 aliphatic heterocycles. The summed E-state index contributed by atoms with van der Waals surface area (Å²) in [5, 5.41) is 1.07. The molecule has 0 N–H and O–H groups in total. The third-order valence-corrected chi connectivity index (χ3v) is 7.60. The van der Waals surface area contributed by atoms with E-state index in [1.54, 1.807) is 7.11 Å². The van der Waals surface area contributed by atoms with Crippen molar-refractivity contribution in [3.05, 3.63) is 62.9 Å². The number of halogens is 1. The van der Waals surface area contributed by atoms with Crippen LogP contribution in [0.25, 0.3) is 10.9 Å². The lowest BCUT2D eigenvalue weighted by Gasteiger charge is -2.41. The van der Waals surface area contributed by atoms with Gasteiger partial charge in [-0.3, -0.25) is 14.5 Å². The molecule has 1 aromatic heterocycles. The van der Waals surface area contributed by atoms with E-state index < -0.39 is 6.04 Å². The highest BCUT2D eigenvalue weighted by Gasteiger charge is 2.42. The summed E-state index contributed by atoms with van der Waals surface area (Å²) in [6, 6.07) is 13.6. The van der Waals surface area contributed by atoms with Crippen molar-refractivity contribution in [3.8, 4) is 5.75 Å². The van der Waals surface area contributed by atoms with E-state index in [0.717, 1.165) is 37.0 Å². The summed E-state index contributed by atoms with van der Waals surface area (Å²) in [7, 11) is 5.13. The zero-order valence-electron chi connectivity index (χ0n) is 20.5. The molecule has 0 unspecified atom stereocenters. The van der Waals surface area contributed by atoms with E-state index >= 15 is 0 Å². The summed E-state index contributed by atoms with van der Waals surface area (Å²) in [5.74, 6) is 0.295. The number of aryl methyl sites for hydroxylation is 1. The number of aromatic nitrogens is 1. The van der Waals surface area contributed by atoms with E-state index in [4.69, 9.17) is 14.2 Å². The van der Waals surface area contributed by atoms with Gasteiger partial charge in [-0.15, -0.1) is 0 Å². The van der Waals surface area contributed by atoms with Crippen molar-refractivity contribution in [1.29, 1.82) is 0 Å². The number of carbonyl (C=O) groups is 2. The molecule has 2 heterocycles. The smallest absolute Gasteiger partial charge is 0.323 e. The number of nitrogens with zero attached hydrogens (tertiary/aromatic N) is 2. The zero-order valence-corrected chi connectivity index (χ0v) is 22.7. The first-order valence-electron chi connectivity index (χ1n) is 11.8. The van der Waals surface area contributed by atoms with Crippen LogP contribution in [0.4, 0.5) is 0 Å². The highest BCUT2D eigenvalue weighted by atomic mass is 127. The van der Waals surface area contributed by atoms with Crippen molar-refractivity contribution in [3.63, 3.8) is 0 Å². The normalized spacial score (nSPS) is 17.7. The maximum Gasteiger partial charge on any atom is 0.323 e. The van der Waals surface area contributed by atoms with E-state index in [1.165, 1.54) is 7.11 Å². The molecule has 0 spiro atoms. The van der Waals surface area contributed by atoms with Gasteiger partial charge in [0.15, 0.2) is 0 Å². The molecule has 3 aromatic rings. The maximum absolute atomic E-state index is 13.3. The Kier molecular flexibility index (Phi) is 8.01. The average molecular weight is 590 g/mol. The molecule has 8 heteroatoms. The molecule has 4 rings (SSSR count). The second kappa shape index (κ2) is 11.0. The van der Waals surface area contributed by atoms with Crippen LogP contribution in [0.3, 0.4) is 0 Å². The van der Waals surface area contributed by atoms with E-state index in [9.17, 15) is 9.59 Å². The molecule has 186 valence electrons. The molecule has 0 saturated carbocycles. The Balaban J connectivity index is 1.89. The van der Waals surface area contributed by atoms with Crippen LogP contribution >= 0.6 is 22.6 Å². The Hall–Kier alpha value is -2.59. The lowest BCUT2D eigenvalue weighted by atomic mass is 9.88. The van der Waals surface area contributed by atoms with Crippen molar-refractivity contribution in [1.82, 2.24) is 9.47 Å². The van der Waals surface area contributed by atoms with Gasteiger partial charge in [-0.05, 0) is 59.2 Å². The molecule has 7 nitrogen and oxygen atoms in total. The number of ether oxygens (including phenoxy) is 3. The quantitative estimate of drug-likeness (QED) is 0.278. The standard InChI is InChI=1S/C27H31IN2O5/c1-5-35-27(32)23-13-19-18-14-24(33-3)20(28)15-22(18)29(2)26(19)21(11-12-25(31)34-4)30(23)16-17-9-7-6-8-10-17/h6-10,14-15,21,23H,5,11-13,16H2,1-4H3/t21-,23+/m0/s1. The molecule has 35 heavy (non-hydrogen) atoms. The SMILES string of the molecule is CCOC(=O)[C@H]1Cc2c(n(C)c3cc(I)c(OC)cc23)[C@H](CCC(=O)OC)N1Cc1ccccc1. The molecule has 2 aromatic carbocycles. The number of fused-ring (bicyclic) bond motifs is 3. The molecule has 2 atom stereocenters. The molecule has 0 saturated heterocycles. The van der Waals surface area contributed by atoms with Crippen molar-refractivity contribution >= 4 is 45.4 Å². The van der Waals surface area contributed by atoms with E-state index in [0.29, 0.717) is 26.0 Å². The van der Waals surface area contributed by atoms with Crippen LogP contribution in [0.15, 0.2) is 42.5 Å².